The second-order valence-corrected chi connectivity index (χ2v) is 6.71. The molecule has 1 aliphatic rings. The van der Waals surface area contributed by atoms with Crippen molar-refractivity contribution in [1.82, 2.24) is 10.2 Å². The van der Waals surface area contributed by atoms with Gasteiger partial charge in [-0.2, -0.15) is 0 Å². The molecule has 25 heavy (non-hydrogen) atoms. The molecule has 134 valence electrons. The van der Waals surface area contributed by atoms with Crippen molar-refractivity contribution in [3.05, 3.63) is 65.5 Å². The second-order valence-electron chi connectivity index (χ2n) is 6.71. The molecule has 1 fully saturated rings. The van der Waals surface area contributed by atoms with Gasteiger partial charge in [-0.25, -0.2) is 4.39 Å². The Bertz CT molecular complexity index is 662. The minimum atomic E-state index is -0.151. The van der Waals surface area contributed by atoms with Crippen LogP contribution < -0.4 is 10.1 Å². The highest BCUT2D eigenvalue weighted by Gasteiger charge is 2.19. The first-order valence-electron chi connectivity index (χ1n) is 9.12. The average Bonchev–Trinajstić information content (AvgIpc) is 2.64. The molecule has 0 amide bonds. The minimum absolute atomic E-state index is 0.151. The smallest absolute Gasteiger partial charge is 0.127 e. The Morgan fingerprint density at radius 3 is 2.84 bits per heavy atom. The molecule has 0 bridgehead atoms. The normalized spacial score (nSPS) is 18.2. The van der Waals surface area contributed by atoms with Gasteiger partial charge in [-0.05, 0) is 43.5 Å². The molecule has 0 aliphatic carbocycles. The fourth-order valence-electron chi connectivity index (χ4n) is 3.21. The molecule has 2 aromatic carbocycles. The molecule has 1 heterocycles. The van der Waals surface area contributed by atoms with Gasteiger partial charge in [0.15, 0.2) is 0 Å². The fraction of sp³-hybridized carbons (Fsp3) is 0.429. The Hall–Kier alpha value is -1.91. The van der Waals surface area contributed by atoms with Gasteiger partial charge in [0.1, 0.15) is 11.6 Å². The van der Waals surface area contributed by atoms with E-state index in [1.807, 2.05) is 12.1 Å². The van der Waals surface area contributed by atoms with Gasteiger partial charge in [0.25, 0.3) is 0 Å². The van der Waals surface area contributed by atoms with Crippen molar-refractivity contribution in [3.8, 4) is 5.75 Å². The zero-order valence-corrected chi connectivity index (χ0v) is 14.9. The van der Waals surface area contributed by atoms with Gasteiger partial charge in [0, 0.05) is 37.8 Å². The first-order valence-corrected chi connectivity index (χ1v) is 9.12. The predicted octanol–water partition coefficient (Wildman–Crippen LogP) is 3.63. The van der Waals surface area contributed by atoms with Crippen LogP contribution in [0.2, 0.25) is 0 Å². The standard InChI is InChI=1S/C21H27FN2O/c1-17-15-23-11-12-24(17)16-19-14-20(9-10-21(19)22)25-13-5-8-18-6-3-2-4-7-18/h2-4,6-7,9-10,14,17,23H,5,8,11-13,15-16H2,1H3/t17-/m1/s1. The van der Waals surface area contributed by atoms with Gasteiger partial charge >= 0.3 is 0 Å². The molecule has 0 radical (unpaired) electrons. The van der Waals surface area contributed by atoms with E-state index in [1.165, 1.54) is 11.6 Å². The summed E-state index contributed by atoms with van der Waals surface area (Å²) in [5.41, 5.74) is 2.04. The molecule has 4 heteroatoms. The highest BCUT2D eigenvalue weighted by Crippen LogP contribution is 2.20. The summed E-state index contributed by atoms with van der Waals surface area (Å²) >= 11 is 0. The maximum absolute atomic E-state index is 14.2. The summed E-state index contributed by atoms with van der Waals surface area (Å²) in [7, 11) is 0. The lowest BCUT2D eigenvalue weighted by Gasteiger charge is -2.34. The maximum atomic E-state index is 14.2. The molecule has 3 nitrogen and oxygen atoms in total. The zero-order valence-electron chi connectivity index (χ0n) is 14.9. The molecule has 3 rings (SSSR count). The topological polar surface area (TPSA) is 24.5 Å². The van der Waals surface area contributed by atoms with Crippen LogP contribution in [0.1, 0.15) is 24.5 Å². The number of hydrogen-bond donors (Lipinski definition) is 1. The molecule has 1 N–H and O–H groups in total. The number of ether oxygens (including phenoxy) is 1. The molecule has 1 atom stereocenters. The van der Waals surface area contributed by atoms with Crippen molar-refractivity contribution >= 4 is 0 Å². The third-order valence-corrected chi connectivity index (χ3v) is 4.75. The summed E-state index contributed by atoms with van der Waals surface area (Å²) in [4.78, 5) is 2.31. The number of nitrogens with zero attached hydrogens (tertiary/aromatic N) is 1. The van der Waals surface area contributed by atoms with E-state index in [4.69, 9.17) is 4.74 Å². The van der Waals surface area contributed by atoms with Crippen LogP contribution in [0.15, 0.2) is 48.5 Å². The summed E-state index contributed by atoms with van der Waals surface area (Å²) in [6, 6.07) is 15.9. The van der Waals surface area contributed by atoms with Gasteiger partial charge in [-0.1, -0.05) is 30.3 Å². The lowest BCUT2D eigenvalue weighted by Crippen LogP contribution is -2.49. The van der Waals surface area contributed by atoms with Crippen molar-refractivity contribution in [2.24, 2.45) is 0 Å². The predicted molar refractivity (Wildman–Crippen MR) is 99.4 cm³/mol. The first-order chi connectivity index (χ1) is 12.2. The molecule has 0 aromatic heterocycles. The van der Waals surface area contributed by atoms with Crippen LogP contribution >= 0.6 is 0 Å². The number of nitrogens with one attached hydrogen (secondary N) is 1. The van der Waals surface area contributed by atoms with Crippen LogP contribution in [0.4, 0.5) is 4.39 Å². The molecular formula is C21H27FN2O. The van der Waals surface area contributed by atoms with E-state index in [2.05, 4.69) is 41.4 Å². The zero-order chi connectivity index (χ0) is 17.5. The Labute approximate surface area is 149 Å². The van der Waals surface area contributed by atoms with E-state index in [-0.39, 0.29) is 5.82 Å². The quantitative estimate of drug-likeness (QED) is 0.778. The largest absolute Gasteiger partial charge is 0.494 e. The molecule has 1 aliphatic heterocycles. The number of benzene rings is 2. The van der Waals surface area contributed by atoms with Crippen LogP contribution in [0, 0.1) is 5.82 Å². The molecule has 0 unspecified atom stereocenters. The van der Waals surface area contributed by atoms with Crippen LogP contribution in [0.3, 0.4) is 0 Å². The maximum Gasteiger partial charge on any atom is 0.127 e. The fourth-order valence-corrected chi connectivity index (χ4v) is 3.21. The third kappa shape index (κ3) is 5.28. The Morgan fingerprint density at radius 1 is 1.20 bits per heavy atom. The van der Waals surface area contributed by atoms with Gasteiger partial charge in [-0.3, -0.25) is 4.90 Å². The Morgan fingerprint density at radius 2 is 2.04 bits per heavy atom. The number of rotatable bonds is 7. The van der Waals surface area contributed by atoms with Crippen LogP contribution in [0.5, 0.6) is 5.75 Å². The third-order valence-electron chi connectivity index (χ3n) is 4.75. The van der Waals surface area contributed by atoms with Crippen molar-refractivity contribution in [3.63, 3.8) is 0 Å². The second kappa shape index (κ2) is 8.97. The van der Waals surface area contributed by atoms with Crippen LogP contribution in [0.25, 0.3) is 0 Å². The molecule has 0 spiro atoms. The summed E-state index contributed by atoms with van der Waals surface area (Å²) in [5.74, 6) is 0.606. The summed E-state index contributed by atoms with van der Waals surface area (Å²) in [5, 5.41) is 3.36. The van der Waals surface area contributed by atoms with Gasteiger partial charge in [0.05, 0.1) is 6.61 Å². The van der Waals surface area contributed by atoms with E-state index >= 15 is 0 Å². The lowest BCUT2D eigenvalue weighted by molar-refractivity contribution is 0.163. The van der Waals surface area contributed by atoms with Gasteiger partial charge in [-0.15, -0.1) is 0 Å². The van der Waals surface area contributed by atoms with Crippen LogP contribution in [-0.2, 0) is 13.0 Å². The highest BCUT2D eigenvalue weighted by molar-refractivity contribution is 5.30. The summed E-state index contributed by atoms with van der Waals surface area (Å²) < 4.78 is 20.0. The first kappa shape index (κ1) is 17.9. The van der Waals surface area contributed by atoms with Crippen molar-refractivity contribution in [1.29, 1.82) is 0 Å². The van der Waals surface area contributed by atoms with Gasteiger partial charge < -0.3 is 10.1 Å². The van der Waals surface area contributed by atoms with Gasteiger partial charge in [0.2, 0.25) is 0 Å². The number of halogens is 1. The van der Waals surface area contributed by atoms with Crippen molar-refractivity contribution in [2.75, 3.05) is 26.2 Å². The van der Waals surface area contributed by atoms with Crippen molar-refractivity contribution < 1.29 is 9.13 Å². The van der Waals surface area contributed by atoms with E-state index in [0.29, 0.717) is 24.8 Å². The van der Waals surface area contributed by atoms with E-state index < -0.39 is 0 Å². The summed E-state index contributed by atoms with van der Waals surface area (Å²) in [6.07, 6.45) is 1.94. The molecular weight excluding hydrogens is 315 g/mol. The Kier molecular flexibility index (Phi) is 6.42. The number of aryl methyl sites for hydroxylation is 1. The Balaban J connectivity index is 1.52. The lowest BCUT2D eigenvalue weighted by atomic mass is 10.1. The highest BCUT2D eigenvalue weighted by atomic mass is 19.1. The van der Waals surface area contributed by atoms with Crippen molar-refractivity contribution in [2.45, 2.75) is 32.4 Å². The molecule has 1 saturated heterocycles. The molecule has 0 saturated carbocycles. The molecule has 2 aromatic rings. The van der Waals surface area contributed by atoms with E-state index in [1.54, 1.807) is 6.07 Å². The van der Waals surface area contributed by atoms with E-state index in [0.717, 1.165) is 38.2 Å². The monoisotopic (exact) mass is 342 g/mol. The van der Waals surface area contributed by atoms with E-state index in [9.17, 15) is 4.39 Å². The summed E-state index contributed by atoms with van der Waals surface area (Å²) in [6.45, 7) is 6.32. The number of hydrogen-bond acceptors (Lipinski definition) is 3. The number of piperazine rings is 1. The minimum Gasteiger partial charge on any atom is -0.494 e. The SMILES string of the molecule is C[C@@H]1CNCCN1Cc1cc(OCCCc2ccccc2)ccc1F. The van der Waals surface area contributed by atoms with Crippen LogP contribution in [-0.4, -0.2) is 37.2 Å². The average molecular weight is 342 g/mol.